The Hall–Kier alpha value is -1.66. The zero-order valence-corrected chi connectivity index (χ0v) is 10.3. The summed E-state index contributed by atoms with van der Waals surface area (Å²) in [5, 5.41) is 0.368. The number of hydrogen-bond acceptors (Lipinski definition) is 5. The number of aldehydes is 1. The van der Waals surface area contributed by atoms with E-state index in [-0.39, 0.29) is 0 Å². The third kappa shape index (κ3) is 1.93. The predicted molar refractivity (Wildman–Crippen MR) is 66.4 cm³/mol. The summed E-state index contributed by atoms with van der Waals surface area (Å²) < 4.78 is 7.10. The van der Waals surface area contributed by atoms with Gasteiger partial charge in [0.15, 0.2) is 6.29 Å². The highest BCUT2D eigenvalue weighted by Gasteiger charge is 2.16. The quantitative estimate of drug-likeness (QED) is 0.600. The normalized spacial score (nSPS) is 16.2. The number of morpholine rings is 1. The third-order valence-electron chi connectivity index (χ3n) is 2.86. The van der Waals surface area contributed by atoms with Crippen LogP contribution in [0.5, 0.6) is 0 Å². The fourth-order valence-electron chi connectivity index (χ4n) is 2.03. The first-order valence-corrected chi connectivity index (χ1v) is 5.99. The van der Waals surface area contributed by atoms with Gasteiger partial charge in [-0.25, -0.2) is 9.97 Å². The SMILES string of the molecule is O=Cc1cn2c(N3CCOCC3)cc(Cl)nc2n1. The average Bonchev–Trinajstić information content (AvgIpc) is 2.81. The van der Waals surface area contributed by atoms with Crippen molar-refractivity contribution in [1.82, 2.24) is 14.4 Å². The topological polar surface area (TPSA) is 59.7 Å². The molecule has 0 atom stereocenters. The summed E-state index contributed by atoms with van der Waals surface area (Å²) in [6, 6.07) is 1.77. The van der Waals surface area contributed by atoms with Crippen LogP contribution in [-0.4, -0.2) is 47.0 Å². The maximum atomic E-state index is 10.8. The van der Waals surface area contributed by atoms with Crippen molar-refractivity contribution in [2.75, 3.05) is 31.2 Å². The van der Waals surface area contributed by atoms with E-state index in [1.807, 2.05) is 0 Å². The molecule has 94 valence electrons. The third-order valence-corrected chi connectivity index (χ3v) is 3.06. The van der Waals surface area contributed by atoms with Crippen LogP contribution in [0.4, 0.5) is 5.82 Å². The Kier molecular flexibility index (Phi) is 2.89. The minimum Gasteiger partial charge on any atom is -0.378 e. The van der Waals surface area contributed by atoms with Crippen LogP contribution in [0.25, 0.3) is 5.78 Å². The molecule has 1 aliphatic rings. The van der Waals surface area contributed by atoms with Gasteiger partial charge in [-0.15, -0.1) is 0 Å². The summed E-state index contributed by atoms with van der Waals surface area (Å²) in [5.41, 5.74) is 0.347. The highest BCUT2D eigenvalue weighted by Crippen LogP contribution is 2.21. The number of halogens is 1. The molecule has 0 spiro atoms. The molecule has 1 aliphatic heterocycles. The van der Waals surface area contributed by atoms with Crippen LogP contribution in [0.15, 0.2) is 12.3 Å². The van der Waals surface area contributed by atoms with Gasteiger partial charge in [0.2, 0.25) is 5.78 Å². The molecule has 0 aromatic carbocycles. The Morgan fingerprint density at radius 1 is 1.33 bits per heavy atom. The van der Waals surface area contributed by atoms with Crippen molar-refractivity contribution < 1.29 is 9.53 Å². The number of carbonyl (C=O) groups excluding carboxylic acids is 1. The van der Waals surface area contributed by atoms with Crippen molar-refractivity contribution in [2.45, 2.75) is 0 Å². The molecule has 3 heterocycles. The van der Waals surface area contributed by atoms with E-state index in [1.165, 1.54) is 0 Å². The lowest BCUT2D eigenvalue weighted by Gasteiger charge is -2.29. The Balaban J connectivity index is 2.13. The predicted octanol–water partition coefficient (Wildman–Crippen LogP) is 1.03. The Morgan fingerprint density at radius 2 is 2.11 bits per heavy atom. The van der Waals surface area contributed by atoms with Gasteiger partial charge in [0.1, 0.15) is 16.7 Å². The van der Waals surface area contributed by atoms with Crippen LogP contribution in [0.3, 0.4) is 0 Å². The second-order valence-corrected chi connectivity index (χ2v) is 4.38. The van der Waals surface area contributed by atoms with Gasteiger partial charge in [-0.1, -0.05) is 11.6 Å². The average molecular weight is 267 g/mol. The summed E-state index contributed by atoms with van der Waals surface area (Å²) in [4.78, 5) is 21.1. The summed E-state index contributed by atoms with van der Waals surface area (Å²) in [6.45, 7) is 2.92. The van der Waals surface area contributed by atoms with Gasteiger partial charge >= 0.3 is 0 Å². The summed E-state index contributed by atoms with van der Waals surface area (Å²) in [5.74, 6) is 1.32. The van der Waals surface area contributed by atoms with Crippen molar-refractivity contribution >= 4 is 29.5 Å². The largest absolute Gasteiger partial charge is 0.378 e. The molecule has 3 rings (SSSR count). The highest BCUT2D eigenvalue weighted by atomic mass is 35.5. The monoisotopic (exact) mass is 266 g/mol. The Morgan fingerprint density at radius 3 is 2.83 bits per heavy atom. The molecule has 18 heavy (non-hydrogen) atoms. The molecule has 1 saturated heterocycles. The first-order chi connectivity index (χ1) is 8.78. The molecule has 2 aromatic heterocycles. The van der Waals surface area contributed by atoms with Gasteiger partial charge in [-0.05, 0) is 0 Å². The van der Waals surface area contributed by atoms with E-state index in [1.54, 1.807) is 16.7 Å². The minimum absolute atomic E-state index is 0.347. The Bertz CT molecular complexity index is 592. The van der Waals surface area contributed by atoms with Crippen LogP contribution < -0.4 is 4.90 Å². The fourth-order valence-corrected chi connectivity index (χ4v) is 2.21. The molecule has 6 nitrogen and oxygen atoms in total. The summed E-state index contributed by atoms with van der Waals surface area (Å²) in [6.07, 6.45) is 2.36. The van der Waals surface area contributed by atoms with Crippen molar-refractivity contribution in [3.8, 4) is 0 Å². The van der Waals surface area contributed by atoms with Gasteiger partial charge < -0.3 is 9.64 Å². The molecule has 0 bridgehead atoms. The van der Waals surface area contributed by atoms with Crippen LogP contribution in [0.1, 0.15) is 10.5 Å². The zero-order valence-electron chi connectivity index (χ0n) is 9.54. The molecule has 0 amide bonds. The van der Waals surface area contributed by atoms with Gasteiger partial charge in [-0.3, -0.25) is 9.20 Å². The van der Waals surface area contributed by atoms with Crippen LogP contribution in [-0.2, 0) is 4.74 Å². The second-order valence-electron chi connectivity index (χ2n) is 3.99. The molecule has 0 radical (unpaired) electrons. The highest BCUT2D eigenvalue weighted by molar-refractivity contribution is 6.29. The van der Waals surface area contributed by atoms with Crippen molar-refractivity contribution in [3.63, 3.8) is 0 Å². The van der Waals surface area contributed by atoms with Crippen LogP contribution in [0.2, 0.25) is 5.15 Å². The van der Waals surface area contributed by atoms with Gasteiger partial charge in [-0.2, -0.15) is 0 Å². The van der Waals surface area contributed by atoms with E-state index >= 15 is 0 Å². The molecular formula is C11H11ClN4O2. The number of hydrogen-bond donors (Lipinski definition) is 0. The summed E-state index contributed by atoms with van der Waals surface area (Å²) >= 11 is 5.98. The van der Waals surface area contributed by atoms with Gasteiger partial charge in [0.05, 0.1) is 13.2 Å². The molecule has 2 aromatic rings. The number of nitrogens with zero attached hydrogens (tertiary/aromatic N) is 4. The molecular weight excluding hydrogens is 256 g/mol. The van der Waals surface area contributed by atoms with Crippen LogP contribution in [0, 0.1) is 0 Å². The van der Waals surface area contributed by atoms with E-state index in [4.69, 9.17) is 16.3 Å². The Labute approximate surface area is 108 Å². The van der Waals surface area contributed by atoms with Gasteiger partial charge in [0, 0.05) is 25.4 Å². The van der Waals surface area contributed by atoms with E-state index in [0.29, 0.717) is 36.1 Å². The standard InChI is InChI=1S/C11H11ClN4O2/c12-9-5-10(15-1-3-18-4-2-15)16-6-8(7-17)13-11(16)14-9/h5-7H,1-4H2. The molecule has 0 unspecified atom stereocenters. The van der Waals surface area contributed by atoms with E-state index in [9.17, 15) is 4.79 Å². The minimum atomic E-state index is 0.347. The lowest BCUT2D eigenvalue weighted by atomic mass is 10.4. The molecule has 0 N–H and O–H groups in total. The molecule has 0 saturated carbocycles. The van der Waals surface area contributed by atoms with Crippen molar-refractivity contribution in [3.05, 3.63) is 23.1 Å². The number of aromatic nitrogens is 3. The smallest absolute Gasteiger partial charge is 0.237 e. The lowest BCUT2D eigenvalue weighted by Crippen LogP contribution is -2.37. The molecule has 1 fully saturated rings. The van der Waals surface area contributed by atoms with Crippen molar-refractivity contribution in [2.24, 2.45) is 0 Å². The zero-order chi connectivity index (χ0) is 12.5. The number of ether oxygens (including phenoxy) is 1. The van der Waals surface area contributed by atoms with Crippen molar-refractivity contribution in [1.29, 1.82) is 0 Å². The first kappa shape index (κ1) is 11.4. The van der Waals surface area contributed by atoms with E-state index < -0.39 is 0 Å². The van der Waals surface area contributed by atoms with E-state index in [0.717, 1.165) is 18.9 Å². The summed E-state index contributed by atoms with van der Waals surface area (Å²) in [7, 11) is 0. The fraction of sp³-hybridized carbons (Fsp3) is 0.364. The van der Waals surface area contributed by atoms with Crippen LogP contribution >= 0.6 is 11.6 Å². The number of rotatable bonds is 2. The molecule has 0 aliphatic carbocycles. The number of anilines is 1. The second kappa shape index (κ2) is 4.55. The lowest BCUT2D eigenvalue weighted by molar-refractivity contribution is 0.111. The maximum Gasteiger partial charge on any atom is 0.237 e. The van der Waals surface area contributed by atoms with Gasteiger partial charge in [0.25, 0.3) is 0 Å². The number of imidazole rings is 1. The first-order valence-electron chi connectivity index (χ1n) is 5.61. The number of fused-ring (bicyclic) bond motifs is 1. The maximum absolute atomic E-state index is 10.8. The molecule has 7 heteroatoms. The van der Waals surface area contributed by atoms with E-state index in [2.05, 4.69) is 14.9 Å². The number of carbonyl (C=O) groups is 1.